The molecular formula is C12H19NOS. The van der Waals surface area contributed by atoms with Crippen molar-refractivity contribution in [2.24, 2.45) is 5.73 Å². The summed E-state index contributed by atoms with van der Waals surface area (Å²) in [4.78, 5) is 1.27. The molecule has 0 fully saturated rings. The van der Waals surface area contributed by atoms with Crippen molar-refractivity contribution in [2.75, 3.05) is 6.54 Å². The molecule has 0 saturated carbocycles. The first-order valence-electron chi connectivity index (χ1n) is 5.25. The number of aliphatic hydroxyl groups is 1. The number of hydrogen-bond donors (Lipinski definition) is 2. The number of aliphatic hydroxyl groups excluding tert-OH is 1. The molecule has 0 bridgehead atoms. The van der Waals surface area contributed by atoms with Gasteiger partial charge in [0.2, 0.25) is 0 Å². The van der Waals surface area contributed by atoms with Crippen LogP contribution in [0.4, 0.5) is 0 Å². The van der Waals surface area contributed by atoms with E-state index in [2.05, 4.69) is 38.1 Å². The van der Waals surface area contributed by atoms with Gasteiger partial charge in [-0.2, -0.15) is 0 Å². The molecule has 84 valence electrons. The van der Waals surface area contributed by atoms with Crippen LogP contribution in [-0.2, 0) is 6.42 Å². The SMILES string of the molecule is CC(C)Sc1ccc(CC(O)CN)cc1. The Morgan fingerprint density at radius 1 is 1.27 bits per heavy atom. The van der Waals surface area contributed by atoms with Crippen molar-refractivity contribution in [1.29, 1.82) is 0 Å². The van der Waals surface area contributed by atoms with Crippen molar-refractivity contribution in [3.63, 3.8) is 0 Å². The Hall–Kier alpha value is -0.510. The van der Waals surface area contributed by atoms with E-state index in [0.717, 1.165) is 5.56 Å². The quantitative estimate of drug-likeness (QED) is 0.754. The third-order valence-corrected chi connectivity index (χ3v) is 3.05. The van der Waals surface area contributed by atoms with E-state index in [4.69, 9.17) is 5.73 Å². The maximum atomic E-state index is 9.40. The highest BCUT2D eigenvalue weighted by Crippen LogP contribution is 2.23. The zero-order valence-corrected chi connectivity index (χ0v) is 10.1. The Labute approximate surface area is 95.9 Å². The zero-order valence-electron chi connectivity index (χ0n) is 9.31. The molecule has 0 aromatic heterocycles. The molecule has 0 aliphatic rings. The number of nitrogens with two attached hydrogens (primary N) is 1. The van der Waals surface area contributed by atoms with Crippen LogP contribution in [0.5, 0.6) is 0 Å². The Bertz CT molecular complexity index is 284. The van der Waals surface area contributed by atoms with E-state index < -0.39 is 6.10 Å². The minimum atomic E-state index is -0.423. The molecule has 0 radical (unpaired) electrons. The van der Waals surface area contributed by atoms with Crippen LogP contribution >= 0.6 is 11.8 Å². The minimum Gasteiger partial charge on any atom is -0.391 e. The normalized spacial score (nSPS) is 13.1. The summed E-state index contributed by atoms with van der Waals surface area (Å²) in [5.41, 5.74) is 6.50. The molecule has 0 amide bonds. The monoisotopic (exact) mass is 225 g/mol. The van der Waals surface area contributed by atoms with E-state index in [1.807, 2.05) is 11.8 Å². The van der Waals surface area contributed by atoms with Crippen LogP contribution in [-0.4, -0.2) is 23.0 Å². The van der Waals surface area contributed by atoms with E-state index in [1.165, 1.54) is 4.90 Å². The maximum Gasteiger partial charge on any atom is 0.0702 e. The number of benzene rings is 1. The third kappa shape index (κ3) is 4.69. The molecule has 1 aromatic carbocycles. The summed E-state index contributed by atoms with van der Waals surface area (Å²) in [5.74, 6) is 0. The predicted octanol–water partition coefficient (Wildman–Crippen LogP) is 2.05. The molecule has 0 aliphatic carbocycles. The number of thioether (sulfide) groups is 1. The minimum absolute atomic E-state index is 0.322. The van der Waals surface area contributed by atoms with Gasteiger partial charge in [0, 0.05) is 16.7 Å². The number of rotatable bonds is 5. The smallest absolute Gasteiger partial charge is 0.0702 e. The summed E-state index contributed by atoms with van der Waals surface area (Å²) in [5, 5.41) is 10.00. The van der Waals surface area contributed by atoms with Crippen LogP contribution < -0.4 is 5.73 Å². The van der Waals surface area contributed by atoms with E-state index in [-0.39, 0.29) is 0 Å². The molecule has 1 unspecified atom stereocenters. The summed E-state index contributed by atoms with van der Waals surface area (Å²) >= 11 is 1.84. The van der Waals surface area contributed by atoms with Crippen LogP contribution in [0.3, 0.4) is 0 Å². The maximum absolute atomic E-state index is 9.40. The second kappa shape index (κ2) is 6.16. The molecular weight excluding hydrogens is 206 g/mol. The van der Waals surface area contributed by atoms with Gasteiger partial charge in [-0.25, -0.2) is 0 Å². The molecule has 1 rings (SSSR count). The van der Waals surface area contributed by atoms with E-state index >= 15 is 0 Å². The summed E-state index contributed by atoms with van der Waals surface area (Å²) in [7, 11) is 0. The third-order valence-electron chi connectivity index (χ3n) is 2.04. The molecule has 2 nitrogen and oxygen atoms in total. The first-order valence-corrected chi connectivity index (χ1v) is 6.13. The largest absolute Gasteiger partial charge is 0.391 e. The number of hydrogen-bond acceptors (Lipinski definition) is 3. The van der Waals surface area contributed by atoms with E-state index in [0.29, 0.717) is 18.2 Å². The standard InChI is InChI=1S/C12H19NOS/c1-9(2)15-12-5-3-10(4-6-12)7-11(14)8-13/h3-6,9,11,14H,7-8,13H2,1-2H3. The Morgan fingerprint density at radius 3 is 2.33 bits per heavy atom. The summed E-state index contributed by atoms with van der Waals surface area (Å²) < 4.78 is 0. The van der Waals surface area contributed by atoms with Crippen LogP contribution in [0.15, 0.2) is 29.2 Å². The topological polar surface area (TPSA) is 46.2 Å². The summed E-state index contributed by atoms with van der Waals surface area (Å²) in [6.45, 7) is 4.68. The molecule has 1 atom stereocenters. The van der Waals surface area contributed by atoms with Gasteiger partial charge in [0.25, 0.3) is 0 Å². The molecule has 3 heteroatoms. The van der Waals surface area contributed by atoms with Crippen molar-refractivity contribution in [3.05, 3.63) is 29.8 Å². The predicted molar refractivity (Wildman–Crippen MR) is 66.2 cm³/mol. The fourth-order valence-corrected chi connectivity index (χ4v) is 2.17. The average Bonchev–Trinajstić information content (AvgIpc) is 2.20. The average molecular weight is 225 g/mol. The van der Waals surface area contributed by atoms with Gasteiger partial charge in [-0.05, 0) is 24.1 Å². The lowest BCUT2D eigenvalue weighted by Gasteiger charge is -2.09. The Kier molecular flexibility index (Phi) is 5.15. The van der Waals surface area contributed by atoms with Gasteiger partial charge in [0.1, 0.15) is 0 Å². The summed E-state index contributed by atoms with van der Waals surface area (Å²) in [6, 6.07) is 8.32. The van der Waals surface area contributed by atoms with Crippen molar-refractivity contribution in [3.8, 4) is 0 Å². The van der Waals surface area contributed by atoms with E-state index in [1.54, 1.807) is 0 Å². The molecule has 15 heavy (non-hydrogen) atoms. The van der Waals surface area contributed by atoms with Crippen molar-refractivity contribution < 1.29 is 5.11 Å². The summed E-state index contributed by atoms with van der Waals surface area (Å²) in [6.07, 6.45) is 0.219. The second-order valence-corrected chi connectivity index (χ2v) is 5.55. The van der Waals surface area contributed by atoms with Crippen LogP contribution in [0.1, 0.15) is 19.4 Å². The van der Waals surface area contributed by atoms with Gasteiger partial charge in [-0.1, -0.05) is 26.0 Å². The van der Waals surface area contributed by atoms with Crippen molar-refractivity contribution in [2.45, 2.75) is 36.5 Å². The van der Waals surface area contributed by atoms with E-state index in [9.17, 15) is 5.11 Å². The Morgan fingerprint density at radius 2 is 1.87 bits per heavy atom. The van der Waals surface area contributed by atoms with Crippen molar-refractivity contribution >= 4 is 11.8 Å². The van der Waals surface area contributed by atoms with Gasteiger partial charge in [-0.3, -0.25) is 0 Å². The lowest BCUT2D eigenvalue weighted by Crippen LogP contribution is -2.21. The highest BCUT2D eigenvalue weighted by molar-refractivity contribution is 7.99. The van der Waals surface area contributed by atoms with Gasteiger partial charge in [0.15, 0.2) is 0 Å². The van der Waals surface area contributed by atoms with Crippen LogP contribution in [0.2, 0.25) is 0 Å². The highest BCUT2D eigenvalue weighted by Gasteiger charge is 2.03. The van der Waals surface area contributed by atoms with Crippen molar-refractivity contribution in [1.82, 2.24) is 0 Å². The molecule has 0 aliphatic heterocycles. The van der Waals surface area contributed by atoms with Gasteiger partial charge < -0.3 is 10.8 Å². The molecule has 1 aromatic rings. The van der Waals surface area contributed by atoms with Gasteiger partial charge >= 0.3 is 0 Å². The van der Waals surface area contributed by atoms with Crippen LogP contribution in [0, 0.1) is 0 Å². The van der Waals surface area contributed by atoms with Gasteiger partial charge in [0.05, 0.1) is 6.10 Å². The van der Waals surface area contributed by atoms with Gasteiger partial charge in [-0.15, -0.1) is 11.8 Å². The molecule has 0 saturated heterocycles. The highest BCUT2D eigenvalue weighted by atomic mass is 32.2. The fraction of sp³-hybridized carbons (Fsp3) is 0.500. The molecule has 0 heterocycles. The molecule has 0 spiro atoms. The molecule has 3 N–H and O–H groups in total. The lowest BCUT2D eigenvalue weighted by atomic mass is 10.1. The second-order valence-electron chi connectivity index (χ2n) is 3.90. The van der Waals surface area contributed by atoms with Crippen LogP contribution in [0.25, 0.3) is 0 Å². The zero-order chi connectivity index (χ0) is 11.3. The lowest BCUT2D eigenvalue weighted by molar-refractivity contribution is 0.183. The first kappa shape index (κ1) is 12.6. The fourth-order valence-electron chi connectivity index (χ4n) is 1.33. The first-order chi connectivity index (χ1) is 7.11. The Balaban J connectivity index is 2.56.